The number of hydrogen-bond acceptors (Lipinski definition) is 1. The van der Waals surface area contributed by atoms with Gasteiger partial charge in [-0.3, -0.25) is 4.39 Å². The maximum Gasteiger partial charge on any atom is 0.0785 e. The Balaban J connectivity index is 0. The van der Waals surface area contributed by atoms with Gasteiger partial charge in [0.25, 0.3) is 0 Å². The van der Waals surface area contributed by atoms with E-state index in [1.165, 1.54) is 32.1 Å². The molecular formula is C12H27FO. The van der Waals surface area contributed by atoms with E-state index in [1.807, 2.05) is 0 Å². The third-order valence-electron chi connectivity index (χ3n) is 2.08. The normalized spacial score (nSPS) is 10.7. The summed E-state index contributed by atoms with van der Waals surface area (Å²) in [7, 11) is 0.500. The number of rotatable bonds is 6. The van der Waals surface area contributed by atoms with Crippen molar-refractivity contribution in [1.29, 1.82) is 0 Å². The predicted octanol–water partition coefficient (Wildman–Crippen LogP) is 3.95. The molecule has 0 aromatic rings. The van der Waals surface area contributed by atoms with Gasteiger partial charge in [0, 0.05) is 6.61 Å². The van der Waals surface area contributed by atoms with Crippen molar-refractivity contribution in [3.63, 3.8) is 0 Å². The van der Waals surface area contributed by atoms with Crippen molar-refractivity contribution in [2.45, 2.75) is 59.3 Å². The second-order valence-corrected chi connectivity index (χ2v) is 4.80. The Kier molecular flexibility index (Phi) is 12.8. The zero-order valence-corrected chi connectivity index (χ0v) is 10.3. The molecule has 0 fully saturated rings. The SMILES string of the molecule is CC(C)(C)CCCCCCCO.CF. The highest BCUT2D eigenvalue weighted by atomic mass is 19.1. The molecule has 0 bridgehead atoms. The van der Waals surface area contributed by atoms with Crippen molar-refractivity contribution in [2.24, 2.45) is 5.41 Å². The Labute approximate surface area is 88.7 Å². The summed E-state index contributed by atoms with van der Waals surface area (Å²) >= 11 is 0. The molecule has 0 aliphatic rings. The maximum atomic E-state index is 9.50. The van der Waals surface area contributed by atoms with Gasteiger partial charge in [-0.05, 0) is 18.3 Å². The fourth-order valence-corrected chi connectivity index (χ4v) is 1.30. The van der Waals surface area contributed by atoms with E-state index in [0.29, 0.717) is 19.2 Å². The standard InChI is InChI=1S/C11H24O.CH3F/c1-11(2,3)9-7-5-4-6-8-10-12;1-2/h12H,4-10H2,1-3H3;1H3. The van der Waals surface area contributed by atoms with E-state index in [4.69, 9.17) is 5.11 Å². The van der Waals surface area contributed by atoms with Crippen LogP contribution in [0.15, 0.2) is 0 Å². The van der Waals surface area contributed by atoms with Crippen LogP contribution in [0.5, 0.6) is 0 Å². The average Bonchev–Trinajstić information content (AvgIpc) is 2.13. The summed E-state index contributed by atoms with van der Waals surface area (Å²) in [6.45, 7) is 7.24. The smallest absolute Gasteiger partial charge is 0.0785 e. The second kappa shape index (κ2) is 11.0. The Hall–Kier alpha value is -0.110. The fraction of sp³-hybridized carbons (Fsp3) is 1.00. The molecule has 1 N–H and O–H groups in total. The van der Waals surface area contributed by atoms with Gasteiger partial charge >= 0.3 is 0 Å². The topological polar surface area (TPSA) is 20.2 Å². The summed E-state index contributed by atoms with van der Waals surface area (Å²) in [5.41, 5.74) is 0.497. The summed E-state index contributed by atoms with van der Waals surface area (Å²) in [5.74, 6) is 0. The molecule has 0 aromatic carbocycles. The Morgan fingerprint density at radius 2 is 1.29 bits per heavy atom. The Bertz CT molecular complexity index is 97.0. The first-order valence-corrected chi connectivity index (χ1v) is 5.55. The number of aliphatic hydroxyl groups is 1. The van der Waals surface area contributed by atoms with Crippen molar-refractivity contribution in [2.75, 3.05) is 13.8 Å². The molecule has 14 heavy (non-hydrogen) atoms. The molecule has 1 nitrogen and oxygen atoms in total. The number of alkyl halides is 1. The maximum absolute atomic E-state index is 9.50. The van der Waals surface area contributed by atoms with Crippen molar-refractivity contribution in [3.8, 4) is 0 Å². The minimum Gasteiger partial charge on any atom is -0.396 e. The molecule has 0 amide bonds. The summed E-state index contributed by atoms with van der Waals surface area (Å²) in [6.07, 6.45) is 7.46. The summed E-state index contributed by atoms with van der Waals surface area (Å²) in [5, 5.41) is 8.55. The Morgan fingerprint density at radius 3 is 1.71 bits per heavy atom. The first-order chi connectivity index (χ1) is 6.56. The zero-order chi connectivity index (χ0) is 11.4. The van der Waals surface area contributed by atoms with E-state index >= 15 is 0 Å². The van der Waals surface area contributed by atoms with Crippen LogP contribution in [0.1, 0.15) is 59.3 Å². The van der Waals surface area contributed by atoms with Gasteiger partial charge in [-0.2, -0.15) is 0 Å². The lowest BCUT2D eigenvalue weighted by molar-refractivity contribution is 0.281. The first-order valence-electron chi connectivity index (χ1n) is 5.55. The molecule has 0 rings (SSSR count). The number of unbranched alkanes of at least 4 members (excludes halogenated alkanes) is 4. The fourth-order valence-electron chi connectivity index (χ4n) is 1.30. The van der Waals surface area contributed by atoms with Crippen molar-refractivity contribution < 1.29 is 9.50 Å². The van der Waals surface area contributed by atoms with E-state index < -0.39 is 0 Å². The monoisotopic (exact) mass is 206 g/mol. The summed E-state index contributed by atoms with van der Waals surface area (Å²) in [6, 6.07) is 0. The second-order valence-electron chi connectivity index (χ2n) is 4.80. The molecule has 0 aliphatic carbocycles. The van der Waals surface area contributed by atoms with Gasteiger partial charge in [0.15, 0.2) is 0 Å². The molecule has 0 spiro atoms. The molecule has 0 radical (unpaired) electrons. The molecule has 0 aromatic heterocycles. The highest BCUT2D eigenvalue weighted by Crippen LogP contribution is 2.22. The number of halogens is 1. The average molecular weight is 206 g/mol. The predicted molar refractivity (Wildman–Crippen MR) is 61.3 cm³/mol. The van der Waals surface area contributed by atoms with Gasteiger partial charge in [-0.1, -0.05) is 46.5 Å². The zero-order valence-electron chi connectivity index (χ0n) is 10.3. The van der Waals surface area contributed by atoms with Crippen LogP contribution in [-0.4, -0.2) is 18.9 Å². The largest absolute Gasteiger partial charge is 0.396 e. The molecule has 0 atom stereocenters. The van der Waals surface area contributed by atoms with Crippen LogP contribution >= 0.6 is 0 Å². The van der Waals surface area contributed by atoms with Crippen LogP contribution in [0.4, 0.5) is 4.39 Å². The van der Waals surface area contributed by atoms with Gasteiger partial charge in [0.2, 0.25) is 0 Å². The minimum atomic E-state index is 0.360. The van der Waals surface area contributed by atoms with Gasteiger partial charge < -0.3 is 5.11 Å². The van der Waals surface area contributed by atoms with Gasteiger partial charge in [0.1, 0.15) is 0 Å². The van der Waals surface area contributed by atoms with Crippen molar-refractivity contribution >= 4 is 0 Å². The highest BCUT2D eigenvalue weighted by molar-refractivity contribution is 4.60. The Morgan fingerprint density at radius 1 is 0.857 bits per heavy atom. The van der Waals surface area contributed by atoms with E-state index in [1.54, 1.807) is 0 Å². The van der Waals surface area contributed by atoms with Gasteiger partial charge in [0.05, 0.1) is 7.18 Å². The molecule has 0 saturated heterocycles. The van der Waals surface area contributed by atoms with Gasteiger partial charge in [-0.25, -0.2) is 0 Å². The lowest BCUT2D eigenvalue weighted by Gasteiger charge is -2.17. The lowest BCUT2D eigenvalue weighted by atomic mass is 9.89. The molecule has 0 saturated carbocycles. The minimum absolute atomic E-state index is 0.360. The molecular weight excluding hydrogens is 179 g/mol. The molecule has 88 valence electrons. The van der Waals surface area contributed by atoms with E-state index in [0.717, 1.165) is 6.42 Å². The quantitative estimate of drug-likeness (QED) is 0.652. The van der Waals surface area contributed by atoms with Crippen LogP contribution in [0, 0.1) is 5.41 Å². The summed E-state index contributed by atoms with van der Waals surface area (Å²) < 4.78 is 9.50. The van der Waals surface area contributed by atoms with Gasteiger partial charge in [-0.15, -0.1) is 0 Å². The molecule has 0 heterocycles. The number of hydrogen-bond donors (Lipinski definition) is 1. The molecule has 0 unspecified atom stereocenters. The number of aliphatic hydroxyl groups excluding tert-OH is 1. The van der Waals surface area contributed by atoms with Crippen LogP contribution in [0.2, 0.25) is 0 Å². The molecule has 2 heteroatoms. The lowest BCUT2D eigenvalue weighted by Crippen LogP contribution is -2.03. The first kappa shape index (κ1) is 16.3. The van der Waals surface area contributed by atoms with Crippen molar-refractivity contribution in [1.82, 2.24) is 0 Å². The molecule has 0 aliphatic heterocycles. The third kappa shape index (κ3) is 17.8. The van der Waals surface area contributed by atoms with Crippen LogP contribution < -0.4 is 0 Å². The van der Waals surface area contributed by atoms with E-state index in [-0.39, 0.29) is 0 Å². The van der Waals surface area contributed by atoms with Crippen LogP contribution in [0.3, 0.4) is 0 Å². The third-order valence-corrected chi connectivity index (χ3v) is 2.08. The van der Waals surface area contributed by atoms with E-state index in [9.17, 15) is 4.39 Å². The van der Waals surface area contributed by atoms with Crippen LogP contribution in [-0.2, 0) is 0 Å². The van der Waals surface area contributed by atoms with Crippen LogP contribution in [0.25, 0.3) is 0 Å². The highest BCUT2D eigenvalue weighted by Gasteiger charge is 2.08. The summed E-state index contributed by atoms with van der Waals surface area (Å²) in [4.78, 5) is 0. The van der Waals surface area contributed by atoms with E-state index in [2.05, 4.69) is 20.8 Å². The van der Waals surface area contributed by atoms with Crippen molar-refractivity contribution in [3.05, 3.63) is 0 Å².